The molecule has 1 nitrogen and oxygen atoms in total. The summed E-state index contributed by atoms with van der Waals surface area (Å²) in [7, 11) is 1.69. The highest BCUT2D eigenvalue weighted by Crippen LogP contribution is 2.49. The van der Waals surface area contributed by atoms with E-state index in [0.717, 1.165) is 107 Å². The maximum atomic E-state index is 5.16. The molecule has 0 atom stereocenters. The van der Waals surface area contributed by atoms with Crippen LogP contribution in [0.2, 0.25) is 0 Å². The number of hydrogen-bond acceptors (Lipinski definition) is 1. The molecule has 0 aromatic heterocycles. The van der Waals surface area contributed by atoms with E-state index in [0.29, 0.717) is 0 Å². The quantitative estimate of drug-likeness (QED) is 0.0425. The standard InChI is InChI=1S/C24H38.C22H34.C19H36.C18H22.C17H32.C16H18O/c1-3-5-19-7-11-21(12-8-19)23-15-17-24(18-16-23)22-13-9-20(6-4-2)10-14-22;1-3-4-18-7-11-20(12-8-18)22-15-13-21(14-16-22)19-9-5-17(2)6-10-19;1-3-5-7-17-10-14-19(15-11-17)18-12-8-16(6-4-2)9-13-18;1-3-4-5-6-16-9-13-18(14-10-16)17-11-7-15(2)8-12-17;1-3-5-15-8-12-17(13-9-15)16-10-6-14(4-2)7-11-16;1-3-4-13-5-7-14(8-6-13)15-9-11-16(17-2)12-10-15/h7-8,11-12,20,22-24H,3-6,9-10,13-18H2,1-2H3;5-6,9-10,18,20-22H,3-4,7-8,11-16H2,1-2H3;16-19H,3-15H2,1-2H3;7-14H,3-6H2,1-2H3;14-17H,3-13H2,1-2H3;5-12H,3-4H2,1-2H3. The lowest BCUT2D eigenvalue weighted by atomic mass is 9.68. The molecule has 6 aromatic rings. The summed E-state index contributed by atoms with van der Waals surface area (Å²) < 4.78 is 5.16. The van der Waals surface area contributed by atoms with Gasteiger partial charge in [-0.25, -0.2) is 0 Å². The zero-order valence-corrected chi connectivity index (χ0v) is 78.3. The molecule has 8 aliphatic carbocycles. The second-order valence-electron chi connectivity index (χ2n) is 40.2. The molecule has 0 N–H and O–H groups in total. The SMILES string of the molecule is CCCC1CCC(C2CCC(CC)CC2)CC1.CCCC1CCC(C2CCC(c3ccc(C)cc3)CC2)CC1.CCCCC1CCC(C2CCC(CCC)CC2)CC1.CCCCCc1ccc(-c2ccc(C)cc2)cc1.CCCc1ccc(-c2ccc(OC)cc2)cc1.CCCc1ccc(C2CCC(C3CCC(CCC)CC3)CC2)cc1. The third-order valence-corrected chi connectivity index (χ3v) is 31.8. The van der Waals surface area contributed by atoms with Crippen LogP contribution in [0.1, 0.15) is 428 Å². The Bertz CT molecular complexity index is 3380. The summed E-state index contributed by atoms with van der Waals surface area (Å²) >= 11 is 0. The van der Waals surface area contributed by atoms with E-state index in [2.05, 4.69) is 210 Å². The number of rotatable bonds is 29. The van der Waals surface area contributed by atoms with Gasteiger partial charge in [0.2, 0.25) is 0 Å². The Hall–Kier alpha value is -4.88. The van der Waals surface area contributed by atoms with Crippen molar-refractivity contribution in [1.82, 2.24) is 0 Å². The Balaban J connectivity index is 0.000000161. The smallest absolute Gasteiger partial charge is 0.118 e. The third-order valence-electron chi connectivity index (χ3n) is 31.8. The van der Waals surface area contributed by atoms with Crippen LogP contribution < -0.4 is 4.74 Å². The van der Waals surface area contributed by atoms with Crippen LogP contribution in [0.25, 0.3) is 22.3 Å². The Morgan fingerprint density at radius 3 is 0.752 bits per heavy atom. The van der Waals surface area contributed by atoms with Gasteiger partial charge in [-0.05, 0) is 325 Å². The van der Waals surface area contributed by atoms with E-state index in [1.54, 1.807) is 108 Å². The predicted octanol–water partition coefficient (Wildman–Crippen LogP) is 36.5. The molecule has 1 heteroatoms. The van der Waals surface area contributed by atoms with Crippen LogP contribution in [0.3, 0.4) is 0 Å². The van der Waals surface area contributed by atoms with Crippen LogP contribution in [0, 0.1) is 96.7 Å². The fourth-order valence-corrected chi connectivity index (χ4v) is 24.0. The first-order chi connectivity index (χ1) is 57.3. The molecule has 0 spiro atoms. The number of ether oxygens (including phenoxy) is 1. The van der Waals surface area contributed by atoms with Crippen molar-refractivity contribution in [3.63, 3.8) is 0 Å². The van der Waals surface area contributed by atoms with Gasteiger partial charge in [0.1, 0.15) is 5.75 Å². The molecule has 0 unspecified atom stereocenters. The first kappa shape index (κ1) is 95.9. The first-order valence-corrected chi connectivity index (χ1v) is 51.4. The largest absolute Gasteiger partial charge is 0.497 e. The van der Waals surface area contributed by atoms with Gasteiger partial charge in [0.05, 0.1) is 7.11 Å². The Labute approximate surface area is 724 Å². The molecule has 0 amide bonds. The van der Waals surface area contributed by atoms with Crippen LogP contribution in [0.15, 0.2) is 146 Å². The topological polar surface area (TPSA) is 9.23 Å². The van der Waals surface area contributed by atoms with Gasteiger partial charge < -0.3 is 4.74 Å². The lowest BCUT2D eigenvalue weighted by molar-refractivity contribution is 0.140. The van der Waals surface area contributed by atoms with Gasteiger partial charge in [-0.2, -0.15) is 0 Å². The molecule has 8 fully saturated rings. The molecule has 8 saturated carbocycles. The highest BCUT2D eigenvalue weighted by atomic mass is 16.5. The van der Waals surface area contributed by atoms with Crippen molar-refractivity contribution in [2.75, 3.05) is 7.11 Å². The molecular formula is C116H180O. The highest BCUT2D eigenvalue weighted by Gasteiger charge is 2.35. The van der Waals surface area contributed by atoms with Gasteiger partial charge >= 0.3 is 0 Å². The zero-order chi connectivity index (χ0) is 82.6. The van der Waals surface area contributed by atoms with Crippen LogP contribution in [-0.4, -0.2) is 7.11 Å². The van der Waals surface area contributed by atoms with Crippen molar-refractivity contribution in [2.24, 2.45) is 82.9 Å². The number of unbranched alkanes of at least 4 members (excludes halogenated alkanes) is 3. The fourth-order valence-electron chi connectivity index (χ4n) is 24.0. The number of aryl methyl sites for hydroxylation is 5. The molecule has 117 heavy (non-hydrogen) atoms. The van der Waals surface area contributed by atoms with E-state index in [4.69, 9.17) is 4.74 Å². The molecular weight excluding hydrogens is 1410 g/mol. The van der Waals surface area contributed by atoms with Gasteiger partial charge in [-0.3, -0.25) is 0 Å². The molecule has 14 rings (SSSR count). The van der Waals surface area contributed by atoms with Crippen molar-refractivity contribution < 1.29 is 4.74 Å². The Morgan fingerprint density at radius 2 is 0.470 bits per heavy atom. The monoisotopic (exact) mass is 1590 g/mol. The Kier molecular flexibility index (Phi) is 45.3. The Morgan fingerprint density at radius 1 is 0.222 bits per heavy atom. The lowest BCUT2D eigenvalue weighted by Gasteiger charge is -2.38. The van der Waals surface area contributed by atoms with E-state index in [9.17, 15) is 0 Å². The summed E-state index contributed by atoms with van der Waals surface area (Å²) in [4.78, 5) is 0. The lowest BCUT2D eigenvalue weighted by Crippen LogP contribution is -2.25. The molecule has 650 valence electrons. The predicted molar refractivity (Wildman–Crippen MR) is 515 cm³/mol. The fraction of sp³-hybridized carbons (Fsp3) is 0.690. The van der Waals surface area contributed by atoms with Gasteiger partial charge in [0.25, 0.3) is 0 Å². The molecule has 0 saturated heterocycles. The second-order valence-corrected chi connectivity index (χ2v) is 40.2. The molecule has 0 heterocycles. The maximum absolute atomic E-state index is 5.16. The van der Waals surface area contributed by atoms with E-state index in [1.807, 2.05) is 12.1 Å². The minimum absolute atomic E-state index is 0.841. The summed E-state index contributed by atoms with van der Waals surface area (Å²) in [5.41, 5.74) is 15.4. The van der Waals surface area contributed by atoms with E-state index >= 15 is 0 Å². The molecule has 0 bridgehead atoms. The van der Waals surface area contributed by atoms with E-state index in [-0.39, 0.29) is 0 Å². The third kappa shape index (κ3) is 33.7. The summed E-state index contributed by atoms with van der Waals surface area (Å²) in [6.07, 6.45) is 76.1. The first-order valence-electron chi connectivity index (χ1n) is 51.4. The second kappa shape index (κ2) is 55.3. The highest BCUT2D eigenvalue weighted by molar-refractivity contribution is 5.65. The number of methoxy groups -OCH3 is 1. The minimum Gasteiger partial charge on any atom is -0.497 e. The minimum atomic E-state index is 0.841. The summed E-state index contributed by atoms with van der Waals surface area (Å²) in [5.74, 6) is 17.7. The normalized spacial score (nSPS) is 27.2. The van der Waals surface area contributed by atoms with Crippen molar-refractivity contribution in [3.05, 3.63) is 185 Å². The van der Waals surface area contributed by atoms with Gasteiger partial charge in [0.15, 0.2) is 0 Å². The van der Waals surface area contributed by atoms with E-state index in [1.165, 1.54) is 288 Å². The number of benzene rings is 6. The van der Waals surface area contributed by atoms with Crippen molar-refractivity contribution >= 4 is 0 Å². The van der Waals surface area contributed by atoms with Crippen LogP contribution in [0.5, 0.6) is 5.75 Å². The molecule has 0 aliphatic heterocycles. The van der Waals surface area contributed by atoms with Crippen LogP contribution in [0.4, 0.5) is 0 Å². The van der Waals surface area contributed by atoms with E-state index < -0.39 is 0 Å². The van der Waals surface area contributed by atoms with Crippen molar-refractivity contribution in [2.45, 2.75) is 422 Å². The average molecular weight is 1590 g/mol. The molecule has 6 aromatic carbocycles. The van der Waals surface area contributed by atoms with Crippen molar-refractivity contribution in [3.8, 4) is 28.0 Å². The van der Waals surface area contributed by atoms with Crippen molar-refractivity contribution in [1.29, 1.82) is 0 Å². The van der Waals surface area contributed by atoms with Gasteiger partial charge in [-0.15, -0.1) is 0 Å². The maximum Gasteiger partial charge on any atom is 0.118 e. The summed E-state index contributed by atoms with van der Waals surface area (Å²) in [6.45, 7) is 25.1. The zero-order valence-electron chi connectivity index (χ0n) is 78.3. The number of hydrogen-bond donors (Lipinski definition) is 0. The van der Waals surface area contributed by atoms with Gasteiger partial charge in [-0.1, -0.05) is 387 Å². The van der Waals surface area contributed by atoms with Crippen LogP contribution >= 0.6 is 0 Å². The molecule has 8 aliphatic rings. The average Bonchev–Trinajstić information content (AvgIpc) is 0.844. The van der Waals surface area contributed by atoms with Crippen LogP contribution in [-0.2, 0) is 19.3 Å². The summed E-state index contributed by atoms with van der Waals surface area (Å²) in [5, 5.41) is 0. The summed E-state index contributed by atoms with van der Waals surface area (Å²) in [6, 6.07) is 53.6. The molecule has 0 radical (unpaired) electrons. The van der Waals surface area contributed by atoms with Gasteiger partial charge in [0, 0.05) is 0 Å².